The third-order valence-electron chi connectivity index (χ3n) is 4.45. The number of halogens is 3. The van der Waals surface area contributed by atoms with Gasteiger partial charge in [-0.25, -0.2) is 4.68 Å². The summed E-state index contributed by atoms with van der Waals surface area (Å²) < 4.78 is 42.2. The molecule has 0 N–H and O–H groups in total. The second-order valence-electron chi connectivity index (χ2n) is 6.77. The van der Waals surface area contributed by atoms with E-state index in [9.17, 15) is 13.2 Å². The number of alkyl halides is 3. The van der Waals surface area contributed by atoms with Crippen molar-refractivity contribution in [2.24, 2.45) is 7.05 Å². The molecule has 3 aromatic rings. The Bertz CT molecular complexity index is 975. The molecular formula is C20H21F3N4S. The lowest BCUT2D eigenvalue weighted by Crippen LogP contribution is -2.22. The van der Waals surface area contributed by atoms with E-state index in [1.54, 1.807) is 4.68 Å². The lowest BCUT2D eigenvalue weighted by Gasteiger charge is -2.17. The average Bonchev–Trinajstić information content (AvgIpc) is 2.90. The number of hydrogen-bond donors (Lipinski definition) is 0. The zero-order valence-corrected chi connectivity index (χ0v) is 16.5. The third-order valence-corrected chi connectivity index (χ3v) is 4.93. The fraction of sp³-hybridized carbons (Fsp3) is 0.300. The standard InChI is InChI=1S/C20H21F3N4S/c1-25(13-16-8-10-17(11-9-16)20(21,22)23)14-27-19(28)26(2)18(24-27)12-15-6-4-3-5-7-15/h3-11H,12-14H2,1-2H3. The first-order valence-corrected chi connectivity index (χ1v) is 9.16. The SMILES string of the molecule is CN(Cc1ccc(C(F)(F)F)cc1)Cn1nc(Cc2ccccc2)n(C)c1=S. The van der Waals surface area contributed by atoms with Crippen LogP contribution in [0.4, 0.5) is 13.2 Å². The molecule has 4 nitrogen and oxygen atoms in total. The van der Waals surface area contributed by atoms with E-state index in [2.05, 4.69) is 5.10 Å². The summed E-state index contributed by atoms with van der Waals surface area (Å²) in [5.74, 6) is 0.860. The van der Waals surface area contributed by atoms with Crippen LogP contribution in [0, 0.1) is 4.77 Å². The van der Waals surface area contributed by atoms with Gasteiger partial charge in [0.1, 0.15) is 5.82 Å². The molecule has 0 aliphatic carbocycles. The molecule has 3 rings (SSSR count). The molecule has 1 aromatic heterocycles. The van der Waals surface area contributed by atoms with Gasteiger partial charge in [0.2, 0.25) is 0 Å². The molecule has 0 amide bonds. The Hall–Kier alpha value is -2.45. The first-order chi connectivity index (χ1) is 13.2. The fourth-order valence-corrected chi connectivity index (χ4v) is 3.15. The smallest absolute Gasteiger partial charge is 0.307 e. The maximum absolute atomic E-state index is 12.7. The van der Waals surface area contributed by atoms with Crippen molar-refractivity contribution in [2.75, 3.05) is 7.05 Å². The Labute approximate surface area is 166 Å². The lowest BCUT2D eigenvalue weighted by atomic mass is 10.1. The number of hydrogen-bond acceptors (Lipinski definition) is 3. The van der Waals surface area contributed by atoms with E-state index in [0.29, 0.717) is 24.4 Å². The van der Waals surface area contributed by atoms with Crippen molar-refractivity contribution in [1.29, 1.82) is 0 Å². The van der Waals surface area contributed by atoms with E-state index in [4.69, 9.17) is 12.2 Å². The Kier molecular flexibility index (Phi) is 6.00. The van der Waals surface area contributed by atoms with Crippen molar-refractivity contribution >= 4 is 12.2 Å². The molecule has 0 radical (unpaired) electrons. The first kappa shape index (κ1) is 20.3. The van der Waals surface area contributed by atoms with Crippen LogP contribution >= 0.6 is 12.2 Å². The maximum atomic E-state index is 12.7. The monoisotopic (exact) mass is 406 g/mol. The van der Waals surface area contributed by atoms with Crippen LogP contribution in [0.1, 0.15) is 22.5 Å². The fourth-order valence-electron chi connectivity index (χ4n) is 2.95. The number of benzene rings is 2. The molecule has 2 aromatic carbocycles. The number of nitrogens with zero attached hydrogens (tertiary/aromatic N) is 4. The van der Waals surface area contributed by atoms with Crippen LogP contribution in [0.2, 0.25) is 0 Å². The maximum Gasteiger partial charge on any atom is 0.416 e. The molecule has 1 heterocycles. The molecule has 148 valence electrons. The molecule has 28 heavy (non-hydrogen) atoms. The van der Waals surface area contributed by atoms with Gasteiger partial charge < -0.3 is 4.57 Å². The van der Waals surface area contributed by atoms with Crippen LogP contribution < -0.4 is 0 Å². The quantitative estimate of drug-likeness (QED) is 0.558. The van der Waals surface area contributed by atoms with Crippen molar-refractivity contribution in [3.63, 3.8) is 0 Å². The normalized spacial score (nSPS) is 11.9. The highest BCUT2D eigenvalue weighted by molar-refractivity contribution is 7.71. The van der Waals surface area contributed by atoms with Gasteiger partial charge in [0.25, 0.3) is 0 Å². The van der Waals surface area contributed by atoms with Crippen molar-refractivity contribution in [3.8, 4) is 0 Å². The Balaban J connectivity index is 1.68. The summed E-state index contributed by atoms with van der Waals surface area (Å²) in [5.41, 5.74) is 1.30. The molecule has 0 bridgehead atoms. The van der Waals surface area contributed by atoms with Crippen LogP contribution in [-0.4, -0.2) is 26.3 Å². The predicted molar refractivity (Wildman–Crippen MR) is 104 cm³/mol. The van der Waals surface area contributed by atoms with Crippen molar-refractivity contribution in [1.82, 2.24) is 19.2 Å². The van der Waals surface area contributed by atoms with Gasteiger partial charge in [-0.1, -0.05) is 42.5 Å². The van der Waals surface area contributed by atoms with E-state index < -0.39 is 11.7 Å². The van der Waals surface area contributed by atoms with Crippen LogP contribution in [0.25, 0.3) is 0 Å². The minimum Gasteiger partial charge on any atom is -0.307 e. The minimum atomic E-state index is -4.32. The third kappa shape index (κ3) is 4.88. The zero-order valence-electron chi connectivity index (χ0n) is 15.6. The highest BCUT2D eigenvalue weighted by Gasteiger charge is 2.29. The Morgan fingerprint density at radius 1 is 1.00 bits per heavy atom. The molecule has 0 atom stereocenters. The molecule has 0 spiro atoms. The first-order valence-electron chi connectivity index (χ1n) is 8.75. The second kappa shape index (κ2) is 8.28. The van der Waals surface area contributed by atoms with E-state index >= 15 is 0 Å². The Morgan fingerprint density at radius 3 is 2.25 bits per heavy atom. The van der Waals surface area contributed by atoms with Crippen LogP contribution in [0.3, 0.4) is 0 Å². The topological polar surface area (TPSA) is 26.0 Å². The van der Waals surface area contributed by atoms with Crippen molar-refractivity contribution in [3.05, 3.63) is 81.9 Å². The second-order valence-corrected chi connectivity index (χ2v) is 7.14. The number of rotatable bonds is 6. The van der Waals surface area contributed by atoms with Gasteiger partial charge in [-0.05, 0) is 42.5 Å². The average molecular weight is 406 g/mol. The molecular weight excluding hydrogens is 385 g/mol. The van der Waals surface area contributed by atoms with E-state index in [0.717, 1.165) is 29.1 Å². The summed E-state index contributed by atoms with van der Waals surface area (Å²) in [6.07, 6.45) is -3.64. The van der Waals surface area contributed by atoms with Gasteiger partial charge in [-0.3, -0.25) is 4.90 Å². The summed E-state index contributed by atoms with van der Waals surface area (Å²) in [7, 11) is 3.77. The summed E-state index contributed by atoms with van der Waals surface area (Å²) in [6, 6.07) is 15.2. The minimum absolute atomic E-state index is 0.447. The zero-order chi connectivity index (χ0) is 20.3. The lowest BCUT2D eigenvalue weighted by molar-refractivity contribution is -0.137. The molecule has 0 fully saturated rings. The largest absolute Gasteiger partial charge is 0.416 e. The highest BCUT2D eigenvalue weighted by atomic mass is 32.1. The number of aromatic nitrogens is 3. The van der Waals surface area contributed by atoms with E-state index in [1.807, 2.05) is 53.9 Å². The van der Waals surface area contributed by atoms with Gasteiger partial charge in [0.15, 0.2) is 4.77 Å². The molecule has 8 heteroatoms. The van der Waals surface area contributed by atoms with Crippen molar-refractivity contribution < 1.29 is 13.2 Å². The molecule has 0 saturated heterocycles. The van der Waals surface area contributed by atoms with Crippen LogP contribution in [0.5, 0.6) is 0 Å². The van der Waals surface area contributed by atoms with Gasteiger partial charge in [0.05, 0.1) is 12.2 Å². The van der Waals surface area contributed by atoms with Gasteiger partial charge in [-0.2, -0.15) is 18.3 Å². The van der Waals surface area contributed by atoms with Gasteiger partial charge >= 0.3 is 6.18 Å². The highest BCUT2D eigenvalue weighted by Crippen LogP contribution is 2.29. The molecule has 0 unspecified atom stereocenters. The summed E-state index contributed by atoms with van der Waals surface area (Å²) in [6.45, 7) is 0.937. The Morgan fingerprint density at radius 2 is 1.64 bits per heavy atom. The van der Waals surface area contributed by atoms with Crippen LogP contribution in [0.15, 0.2) is 54.6 Å². The summed E-state index contributed by atoms with van der Waals surface area (Å²) in [5, 5.41) is 4.62. The van der Waals surface area contributed by atoms with Gasteiger partial charge in [-0.15, -0.1) is 0 Å². The predicted octanol–water partition coefficient (Wildman–Crippen LogP) is 4.65. The van der Waals surface area contributed by atoms with Crippen molar-refractivity contribution in [2.45, 2.75) is 25.8 Å². The van der Waals surface area contributed by atoms with Gasteiger partial charge in [0, 0.05) is 20.0 Å². The molecule has 0 saturated carbocycles. The van der Waals surface area contributed by atoms with Crippen LogP contribution in [-0.2, 0) is 32.9 Å². The molecule has 0 aliphatic heterocycles. The summed E-state index contributed by atoms with van der Waals surface area (Å²) in [4.78, 5) is 1.96. The molecule has 0 aliphatic rings. The summed E-state index contributed by atoms with van der Waals surface area (Å²) >= 11 is 5.48. The van der Waals surface area contributed by atoms with E-state index in [-0.39, 0.29) is 0 Å². The van der Waals surface area contributed by atoms with E-state index in [1.165, 1.54) is 12.1 Å².